The number of ether oxygens (including phenoxy) is 2. The van der Waals surface area contributed by atoms with E-state index in [4.69, 9.17) is 9.47 Å². The molecule has 1 saturated heterocycles. The Balaban J connectivity index is 2.08. The van der Waals surface area contributed by atoms with Crippen molar-refractivity contribution in [1.29, 1.82) is 0 Å². The standard InChI is InChI=1S/C5H12N2O2/c1-8-2-5-7-3-6-4-9-5/h5-7H,2-4H2,1H3. The summed E-state index contributed by atoms with van der Waals surface area (Å²) < 4.78 is 10.0. The molecule has 0 saturated carbocycles. The first kappa shape index (κ1) is 6.95. The number of nitrogens with one attached hydrogen (secondary N) is 2. The summed E-state index contributed by atoms with van der Waals surface area (Å²) in [7, 11) is 1.66. The van der Waals surface area contributed by atoms with Crippen molar-refractivity contribution in [2.24, 2.45) is 0 Å². The number of hydrogen-bond acceptors (Lipinski definition) is 4. The van der Waals surface area contributed by atoms with E-state index in [-0.39, 0.29) is 6.23 Å². The van der Waals surface area contributed by atoms with Gasteiger partial charge in [0.25, 0.3) is 0 Å². The molecule has 1 rings (SSSR count). The Bertz CT molecular complexity index is 70.6. The van der Waals surface area contributed by atoms with E-state index in [9.17, 15) is 0 Å². The second-order valence-corrected chi connectivity index (χ2v) is 1.89. The highest BCUT2D eigenvalue weighted by Crippen LogP contribution is 1.89. The Labute approximate surface area is 54.5 Å². The Hall–Kier alpha value is -0.160. The topological polar surface area (TPSA) is 42.5 Å². The van der Waals surface area contributed by atoms with Crippen LogP contribution in [-0.2, 0) is 9.47 Å². The molecule has 2 N–H and O–H groups in total. The van der Waals surface area contributed by atoms with Crippen molar-refractivity contribution in [1.82, 2.24) is 10.6 Å². The molecule has 1 aliphatic heterocycles. The van der Waals surface area contributed by atoms with Crippen molar-refractivity contribution in [2.75, 3.05) is 27.1 Å². The lowest BCUT2D eigenvalue weighted by molar-refractivity contribution is -0.0540. The van der Waals surface area contributed by atoms with E-state index in [1.807, 2.05) is 0 Å². The van der Waals surface area contributed by atoms with Crippen LogP contribution in [0.4, 0.5) is 0 Å². The van der Waals surface area contributed by atoms with Gasteiger partial charge in [-0.05, 0) is 0 Å². The first-order chi connectivity index (χ1) is 4.43. The van der Waals surface area contributed by atoms with E-state index in [0.717, 1.165) is 6.67 Å². The molecule has 1 unspecified atom stereocenters. The van der Waals surface area contributed by atoms with Crippen molar-refractivity contribution in [3.8, 4) is 0 Å². The van der Waals surface area contributed by atoms with Gasteiger partial charge in [-0.25, -0.2) is 0 Å². The van der Waals surface area contributed by atoms with Crippen LogP contribution in [0.15, 0.2) is 0 Å². The zero-order chi connectivity index (χ0) is 6.53. The predicted molar refractivity (Wildman–Crippen MR) is 32.8 cm³/mol. The summed E-state index contributed by atoms with van der Waals surface area (Å²) in [5.74, 6) is 0. The van der Waals surface area contributed by atoms with Gasteiger partial charge in [0.15, 0.2) is 0 Å². The van der Waals surface area contributed by atoms with Crippen LogP contribution in [0, 0.1) is 0 Å². The Morgan fingerprint density at radius 1 is 1.78 bits per heavy atom. The molecule has 4 heteroatoms. The second kappa shape index (κ2) is 3.79. The SMILES string of the molecule is COCC1NCNCO1. The van der Waals surface area contributed by atoms with E-state index in [0.29, 0.717) is 13.3 Å². The molecule has 4 nitrogen and oxygen atoms in total. The predicted octanol–water partition coefficient (Wildman–Crippen LogP) is -0.917. The number of rotatable bonds is 2. The summed E-state index contributed by atoms with van der Waals surface area (Å²) in [6.45, 7) is 2.02. The maximum Gasteiger partial charge on any atom is 0.134 e. The minimum atomic E-state index is 0.0660. The van der Waals surface area contributed by atoms with Gasteiger partial charge in [-0.15, -0.1) is 0 Å². The highest BCUT2D eigenvalue weighted by Gasteiger charge is 2.10. The molecule has 1 aliphatic rings. The molecule has 0 aromatic carbocycles. The van der Waals surface area contributed by atoms with Gasteiger partial charge in [0.05, 0.1) is 13.3 Å². The normalized spacial score (nSPS) is 28.3. The van der Waals surface area contributed by atoms with Gasteiger partial charge < -0.3 is 9.47 Å². The van der Waals surface area contributed by atoms with Gasteiger partial charge in [0, 0.05) is 13.8 Å². The van der Waals surface area contributed by atoms with E-state index >= 15 is 0 Å². The molecule has 1 atom stereocenters. The van der Waals surface area contributed by atoms with Crippen LogP contribution in [0.25, 0.3) is 0 Å². The maximum absolute atomic E-state index is 5.17. The fourth-order valence-electron chi connectivity index (χ4n) is 0.714. The van der Waals surface area contributed by atoms with E-state index in [1.165, 1.54) is 0 Å². The molecule has 1 heterocycles. The van der Waals surface area contributed by atoms with Crippen LogP contribution < -0.4 is 10.6 Å². The van der Waals surface area contributed by atoms with Crippen LogP contribution >= 0.6 is 0 Å². The van der Waals surface area contributed by atoms with Gasteiger partial charge in [0.1, 0.15) is 6.23 Å². The minimum absolute atomic E-state index is 0.0660. The average Bonchev–Trinajstić information content (AvgIpc) is 1.91. The molecule has 1 fully saturated rings. The molecular formula is C5H12N2O2. The molecule has 0 aliphatic carbocycles. The lowest BCUT2D eigenvalue weighted by Gasteiger charge is -2.23. The fraction of sp³-hybridized carbons (Fsp3) is 1.00. The van der Waals surface area contributed by atoms with Crippen LogP contribution in [0.1, 0.15) is 0 Å². The van der Waals surface area contributed by atoms with E-state index in [2.05, 4.69) is 10.6 Å². The van der Waals surface area contributed by atoms with Crippen molar-refractivity contribution in [2.45, 2.75) is 6.23 Å². The zero-order valence-electron chi connectivity index (χ0n) is 5.52. The van der Waals surface area contributed by atoms with Crippen molar-refractivity contribution >= 4 is 0 Å². The van der Waals surface area contributed by atoms with Crippen LogP contribution in [-0.4, -0.2) is 33.3 Å². The number of hydrogen-bond donors (Lipinski definition) is 2. The Kier molecular flexibility index (Phi) is 2.93. The van der Waals surface area contributed by atoms with Crippen LogP contribution in [0.5, 0.6) is 0 Å². The van der Waals surface area contributed by atoms with Gasteiger partial charge in [-0.1, -0.05) is 0 Å². The Morgan fingerprint density at radius 2 is 2.67 bits per heavy atom. The molecule has 54 valence electrons. The van der Waals surface area contributed by atoms with Gasteiger partial charge >= 0.3 is 0 Å². The van der Waals surface area contributed by atoms with Gasteiger partial charge in [0.2, 0.25) is 0 Å². The smallest absolute Gasteiger partial charge is 0.134 e. The first-order valence-corrected chi connectivity index (χ1v) is 2.98. The third-order valence-corrected chi connectivity index (χ3v) is 1.16. The molecule has 0 radical (unpaired) electrons. The minimum Gasteiger partial charge on any atom is -0.381 e. The molecule has 0 aromatic rings. The highest BCUT2D eigenvalue weighted by atomic mass is 16.5. The van der Waals surface area contributed by atoms with Crippen molar-refractivity contribution < 1.29 is 9.47 Å². The maximum atomic E-state index is 5.17. The summed E-state index contributed by atoms with van der Waals surface area (Å²) in [4.78, 5) is 0. The molecule has 0 bridgehead atoms. The summed E-state index contributed by atoms with van der Waals surface area (Å²) >= 11 is 0. The lowest BCUT2D eigenvalue weighted by Crippen LogP contribution is -2.48. The van der Waals surface area contributed by atoms with Crippen LogP contribution in [0.3, 0.4) is 0 Å². The highest BCUT2D eigenvalue weighted by molar-refractivity contribution is 4.56. The quantitative estimate of drug-likeness (QED) is 0.510. The summed E-state index contributed by atoms with van der Waals surface area (Å²) in [5.41, 5.74) is 0. The van der Waals surface area contributed by atoms with E-state index < -0.39 is 0 Å². The largest absolute Gasteiger partial charge is 0.381 e. The molecule has 9 heavy (non-hydrogen) atoms. The molecule has 0 spiro atoms. The summed E-state index contributed by atoms with van der Waals surface area (Å²) in [6, 6.07) is 0. The van der Waals surface area contributed by atoms with E-state index in [1.54, 1.807) is 7.11 Å². The fourth-order valence-corrected chi connectivity index (χ4v) is 0.714. The summed E-state index contributed by atoms with van der Waals surface area (Å²) in [6.07, 6.45) is 0.0660. The monoisotopic (exact) mass is 132 g/mol. The van der Waals surface area contributed by atoms with Crippen molar-refractivity contribution in [3.63, 3.8) is 0 Å². The lowest BCUT2D eigenvalue weighted by atomic mass is 10.6. The third-order valence-electron chi connectivity index (χ3n) is 1.16. The zero-order valence-corrected chi connectivity index (χ0v) is 5.52. The van der Waals surface area contributed by atoms with Crippen LogP contribution in [0.2, 0.25) is 0 Å². The molecule has 0 amide bonds. The first-order valence-electron chi connectivity index (χ1n) is 2.98. The summed E-state index contributed by atoms with van der Waals surface area (Å²) in [5, 5.41) is 6.05. The number of methoxy groups -OCH3 is 1. The second-order valence-electron chi connectivity index (χ2n) is 1.89. The van der Waals surface area contributed by atoms with Gasteiger partial charge in [-0.3, -0.25) is 10.6 Å². The average molecular weight is 132 g/mol. The molecule has 0 aromatic heterocycles. The van der Waals surface area contributed by atoms with Crippen molar-refractivity contribution in [3.05, 3.63) is 0 Å². The molecular weight excluding hydrogens is 120 g/mol. The Morgan fingerprint density at radius 3 is 3.22 bits per heavy atom. The van der Waals surface area contributed by atoms with Gasteiger partial charge in [-0.2, -0.15) is 0 Å². The third kappa shape index (κ3) is 2.28.